The van der Waals surface area contributed by atoms with Crippen LogP contribution in [-0.4, -0.2) is 64.3 Å². The molecule has 84 valence electrons. The van der Waals surface area contributed by atoms with Gasteiger partial charge in [-0.05, 0) is 6.92 Å². The van der Waals surface area contributed by atoms with Crippen LogP contribution in [0.5, 0.6) is 0 Å². The minimum atomic E-state index is -1.36. The van der Waals surface area contributed by atoms with Crippen molar-refractivity contribution in [1.29, 1.82) is 0 Å². The van der Waals surface area contributed by atoms with Gasteiger partial charge >= 0.3 is 0 Å². The number of hydrogen-bond donors (Lipinski definition) is 4. The summed E-state index contributed by atoms with van der Waals surface area (Å²) in [5.74, 6) is 0. The smallest absolute Gasteiger partial charge is 0.186 e. The van der Waals surface area contributed by atoms with E-state index in [4.69, 9.17) is 14.6 Å². The third-order valence-corrected chi connectivity index (χ3v) is 2.18. The van der Waals surface area contributed by atoms with Crippen LogP contribution in [0.2, 0.25) is 0 Å². The summed E-state index contributed by atoms with van der Waals surface area (Å²) in [7, 11) is 0. The minimum absolute atomic E-state index is 0.308. The Morgan fingerprint density at radius 3 is 2.29 bits per heavy atom. The summed E-state index contributed by atoms with van der Waals surface area (Å²) in [5.41, 5.74) is 0. The third kappa shape index (κ3) is 2.22. The van der Waals surface area contributed by atoms with Gasteiger partial charge in [0.15, 0.2) is 6.29 Å². The number of aliphatic hydroxyl groups excluding tert-OH is 4. The molecule has 6 nitrogen and oxygen atoms in total. The quantitative estimate of drug-likeness (QED) is 0.421. The predicted molar refractivity (Wildman–Crippen MR) is 45.4 cm³/mol. The van der Waals surface area contributed by atoms with Gasteiger partial charge in [0, 0.05) is 6.61 Å². The molecule has 0 aromatic heterocycles. The highest BCUT2D eigenvalue weighted by Crippen LogP contribution is 2.21. The zero-order valence-corrected chi connectivity index (χ0v) is 7.91. The Balaban J connectivity index is 2.63. The van der Waals surface area contributed by atoms with Crippen LogP contribution in [0.4, 0.5) is 0 Å². The molecule has 1 heterocycles. The van der Waals surface area contributed by atoms with Gasteiger partial charge in [-0.2, -0.15) is 0 Å². The van der Waals surface area contributed by atoms with Crippen LogP contribution in [0.25, 0.3) is 0 Å². The highest BCUT2D eigenvalue weighted by Gasteiger charge is 2.43. The highest BCUT2D eigenvalue weighted by atomic mass is 16.7. The largest absolute Gasteiger partial charge is 0.394 e. The summed E-state index contributed by atoms with van der Waals surface area (Å²) in [4.78, 5) is 0. The van der Waals surface area contributed by atoms with E-state index in [-0.39, 0.29) is 0 Å². The van der Waals surface area contributed by atoms with Gasteiger partial charge < -0.3 is 29.9 Å². The average Bonchev–Trinajstić information content (AvgIpc) is 2.19. The van der Waals surface area contributed by atoms with Gasteiger partial charge in [0.2, 0.25) is 0 Å². The Morgan fingerprint density at radius 1 is 1.14 bits per heavy atom. The Kier molecular flexibility index (Phi) is 4.24. The van der Waals surface area contributed by atoms with E-state index in [2.05, 4.69) is 0 Å². The molecule has 0 aromatic carbocycles. The Morgan fingerprint density at radius 2 is 1.79 bits per heavy atom. The van der Waals surface area contributed by atoms with Gasteiger partial charge in [-0.3, -0.25) is 0 Å². The number of rotatable bonds is 3. The van der Waals surface area contributed by atoms with E-state index in [0.717, 1.165) is 0 Å². The molecule has 4 N–H and O–H groups in total. The van der Waals surface area contributed by atoms with Gasteiger partial charge in [-0.1, -0.05) is 0 Å². The van der Waals surface area contributed by atoms with E-state index in [1.807, 2.05) is 0 Å². The molecule has 1 rings (SSSR count). The molecular formula is C8H16O6. The molecule has 0 radical (unpaired) electrons. The fraction of sp³-hybridized carbons (Fsp3) is 1.00. The van der Waals surface area contributed by atoms with Crippen LogP contribution in [0.15, 0.2) is 0 Å². The molecule has 0 aliphatic carbocycles. The maximum Gasteiger partial charge on any atom is 0.186 e. The van der Waals surface area contributed by atoms with Crippen LogP contribution >= 0.6 is 0 Å². The highest BCUT2D eigenvalue weighted by molar-refractivity contribution is 4.88. The second-order valence-corrected chi connectivity index (χ2v) is 3.15. The molecule has 0 amide bonds. The fourth-order valence-electron chi connectivity index (χ4n) is 1.37. The molecule has 0 spiro atoms. The van der Waals surface area contributed by atoms with Crippen molar-refractivity contribution in [3.05, 3.63) is 0 Å². The molecule has 0 bridgehead atoms. The molecule has 1 saturated heterocycles. The molecule has 0 unspecified atom stereocenters. The zero-order chi connectivity index (χ0) is 10.7. The topological polar surface area (TPSA) is 99.4 Å². The molecular weight excluding hydrogens is 192 g/mol. The van der Waals surface area contributed by atoms with E-state index in [1.54, 1.807) is 6.92 Å². The standard InChI is InChI=1S/C8H16O6/c1-2-13-8-7(12)6(11)5(10)4(3-9)14-8/h4-12H,2-3H2,1H3/t4-,5+,6+,7-,8+/m1/s1. The van der Waals surface area contributed by atoms with Crippen molar-refractivity contribution in [2.45, 2.75) is 37.6 Å². The number of ether oxygens (including phenoxy) is 2. The summed E-state index contributed by atoms with van der Waals surface area (Å²) >= 11 is 0. The van der Waals surface area contributed by atoms with E-state index >= 15 is 0 Å². The SMILES string of the molecule is CCO[C@H]1O[C@H](CO)[C@H](O)[C@H](O)[C@H]1O. The van der Waals surface area contributed by atoms with Gasteiger partial charge in [-0.25, -0.2) is 0 Å². The second-order valence-electron chi connectivity index (χ2n) is 3.15. The predicted octanol–water partition coefficient (Wildman–Crippen LogP) is -2.18. The molecule has 0 aromatic rings. The molecule has 1 aliphatic rings. The van der Waals surface area contributed by atoms with Crippen molar-refractivity contribution in [2.75, 3.05) is 13.2 Å². The number of hydrogen-bond acceptors (Lipinski definition) is 6. The minimum Gasteiger partial charge on any atom is -0.394 e. The van der Waals surface area contributed by atoms with Gasteiger partial charge in [0.25, 0.3) is 0 Å². The lowest BCUT2D eigenvalue weighted by atomic mass is 9.99. The fourth-order valence-corrected chi connectivity index (χ4v) is 1.37. The van der Waals surface area contributed by atoms with Crippen molar-refractivity contribution in [3.8, 4) is 0 Å². The summed E-state index contributed by atoms with van der Waals surface area (Å²) in [6.45, 7) is 1.58. The Labute approximate surface area is 81.7 Å². The first kappa shape index (κ1) is 11.8. The van der Waals surface area contributed by atoms with Gasteiger partial charge in [0.05, 0.1) is 6.61 Å². The van der Waals surface area contributed by atoms with E-state index in [9.17, 15) is 15.3 Å². The average molecular weight is 208 g/mol. The summed E-state index contributed by atoms with van der Waals surface area (Å²) in [6.07, 6.45) is -5.89. The zero-order valence-electron chi connectivity index (χ0n) is 7.91. The molecule has 5 atom stereocenters. The summed E-state index contributed by atoms with van der Waals surface area (Å²) < 4.78 is 10.0. The summed E-state index contributed by atoms with van der Waals surface area (Å²) in [5, 5.41) is 36.9. The lowest BCUT2D eigenvalue weighted by molar-refractivity contribution is -0.300. The van der Waals surface area contributed by atoms with E-state index in [1.165, 1.54) is 0 Å². The van der Waals surface area contributed by atoms with Gasteiger partial charge in [0.1, 0.15) is 24.4 Å². The summed E-state index contributed by atoms with van der Waals surface area (Å²) in [6, 6.07) is 0. The first-order chi connectivity index (χ1) is 6.61. The second kappa shape index (κ2) is 5.01. The van der Waals surface area contributed by atoms with E-state index in [0.29, 0.717) is 6.61 Å². The van der Waals surface area contributed by atoms with Crippen molar-refractivity contribution in [3.63, 3.8) is 0 Å². The molecule has 6 heteroatoms. The Bertz CT molecular complexity index is 171. The van der Waals surface area contributed by atoms with E-state index < -0.39 is 37.3 Å². The molecule has 1 aliphatic heterocycles. The maximum atomic E-state index is 9.41. The van der Waals surface area contributed by atoms with Crippen molar-refractivity contribution < 1.29 is 29.9 Å². The molecule has 1 fully saturated rings. The first-order valence-corrected chi connectivity index (χ1v) is 4.54. The van der Waals surface area contributed by atoms with Crippen LogP contribution in [0.3, 0.4) is 0 Å². The van der Waals surface area contributed by atoms with Crippen molar-refractivity contribution in [2.24, 2.45) is 0 Å². The molecule has 14 heavy (non-hydrogen) atoms. The maximum absolute atomic E-state index is 9.41. The third-order valence-electron chi connectivity index (χ3n) is 2.18. The van der Waals surface area contributed by atoms with Crippen LogP contribution in [-0.2, 0) is 9.47 Å². The van der Waals surface area contributed by atoms with Crippen LogP contribution in [0.1, 0.15) is 6.92 Å². The lowest BCUT2D eigenvalue weighted by Crippen LogP contribution is -2.59. The lowest BCUT2D eigenvalue weighted by Gasteiger charge is -2.39. The number of aliphatic hydroxyl groups is 4. The first-order valence-electron chi connectivity index (χ1n) is 4.54. The molecule has 0 saturated carbocycles. The van der Waals surface area contributed by atoms with Crippen LogP contribution < -0.4 is 0 Å². The van der Waals surface area contributed by atoms with Gasteiger partial charge in [-0.15, -0.1) is 0 Å². The van der Waals surface area contributed by atoms with Crippen molar-refractivity contribution in [1.82, 2.24) is 0 Å². The normalized spacial score (nSPS) is 43.9. The van der Waals surface area contributed by atoms with Crippen molar-refractivity contribution >= 4 is 0 Å². The van der Waals surface area contributed by atoms with Crippen LogP contribution in [0, 0.1) is 0 Å². The Hall–Kier alpha value is -0.240. The monoisotopic (exact) mass is 208 g/mol.